The Labute approximate surface area is 132 Å². The minimum atomic E-state index is 0.189. The molecule has 1 fully saturated rings. The minimum absolute atomic E-state index is 0.189. The van der Waals surface area contributed by atoms with Crippen LogP contribution in [0.3, 0.4) is 0 Å². The monoisotopic (exact) mass is 297 g/mol. The Kier molecular flexibility index (Phi) is 6.28. The second kappa shape index (κ2) is 6.97. The van der Waals surface area contributed by atoms with E-state index in [2.05, 4.69) is 59.2 Å². The van der Waals surface area contributed by atoms with E-state index in [-0.39, 0.29) is 5.54 Å². The zero-order valence-corrected chi connectivity index (χ0v) is 15.5. The maximum atomic E-state index is 5.73. The molecule has 1 rings (SSSR count). The van der Waals surface area contributed by atoms with Gasteiger partial charge in [-0.3, -0.25) is 11.3 Å². The summed E-state index contributed by atoms with van der Waals surface area (Å²) < 4.78 is 0. The topological polar surface area (TPSA) is 50.1 Å². The van der Waals surface area contributed by atoms with Gasteiger partial charge in [0.15, 0.2) is 0 Å². The first kappa shape index (κ1) is 18.9. The lowest BCUT2D eigenvalue weighted by Crippen LogP contribution is -2.58. The van der Waals surface area contributed by atoms with Gasteiger partial charge in [0.1, 0.15) is 0 Å². The smallest absolute Gasteiger partial charge is 0.0233 e. The van der Waals surface area contributed by atoms with Crippen LogP contribution in [-0.4, -0.2) is 17.6 Å². The van der Waals surface area contributed by atoms with Crippen molar-refractivity contribution in [2.45, 2.75) is 105 Å². The standard InChI is InChI=1S/C18H39N3/c1-8-16(3,4)10-9-14(2)20-18(7)12-15(21-19)11-17(5,6)13-18/h14-15,20-21H,8-13,19H2,1-7H3. The first-order valence-electron chi connectivity index (χ1n) is 8.75. The Morgan fingerprint density at radius 3 is 2.38 bits per heavy atom. The van der Waals surface area contributed by atoms with Crippen LogP contribution in [0.1, 0.15) is 87.0 Å². The van der Waals surface area contributed by atoms with Crippen LogP contribution in [0, 0.1) is 10.8 Å². The van der Waals surface area contributed by atoms with Crippen molar-refractivity contribution in [2.24, 2.45) is 16.7 Å². The van der Waals surface area contributed by atoms with Gasteiger partial charge in [-0.15, -0.1) is 0 Å². The van der Waals surface area contributed by atoms with E-state index >= 15 is 0 Å². The Morgan fingerprint density at radius 1 is 1.24 bits per heavy atom. The first-order chi connectivity index (χ1) is 9.51. The van der Waals surface area contributed by atoms with Crippen molar-refractivity contribution in [3.8, 4) is 0 Å². The molecular weight excluding hydrogens is 258 g/mol. The molecule has 0 bridgehead atoms. The van der Waals surface area contributed by atoms with Crippen LogP contribution in [0.4, 0.5) is 0 Å². The second-order valence-corrected chi connectivity index (χ2v) is 9.28. The SMILES string of the molecule is CCC(C)(C)CCC(C)NC1(C)CC(NN)CC(C)(C)C1. The summed E-state index contributed by atoms with van der Waals surface area (Å²) in [4.78, 5) is 0. The number of rotatable bonds is 7. The molecule has 1 aliphatic rings. The predicted octanol–water partition coefficient (Wildman–Crippen LogP) is 3.98. The van der Waals surface area contributed by atoms with Gasteiger partial charge in [-0.2, -0.15) is 0 Å². The number of hydrazine groups is 1. The average Bonchev–Trinajstić information content (AvgIpc) is 2.33. The number of nitrogens with two attached hydrogens (primary N) is 1. The van der Waals surface area contributed by atoms with E-state index in [1.165, 1.54) is 25.7 Å². The highest BCUT2D eigenvalue weighted by atomic mass is 15.2. The van der Waals surface area contributed by atoms with Gasteiger partial charge in [0.2, 0.25) is 0 Å². The summed E-state index contributed by atoms with van der Waals surface area (Å²) in [6, 6.07) is 0.985. The lowest BCUT2D eigenvalue weighted by atomic mass is 9.66. The maximum absolute atomic E-state index is 5.73. The van der Waals surface area contributed by atoms with Crippen LogP contribution in [0.25, 0.3) is 0 Å². The molecule has 0 amide bonds. The van der Waals surface area contributed by atoms with Crippen molar-refractivity contribution in [2.75, 3.05) is 0 Å². The van der Waals surface area contributed by atoms with Crippen molar-refractivity contribution >= 4 is 0 Å². The highest BCUT2D eigenvalue weighted by molar-refractivity contribution is 4.99. The third-order valence-corrected chi connectivity index (χ3v) is 5.41. The first-order valence-corrected chi connectivity index (χ1v) is 8.75. The van der Waals surface area contributed by atoms with Crippen LogP contribution in [0.2, 0.25) is 0 Å². The summed E-state index contributed by atoms with van der Waals surface area (Å²) in [6.07, 6.45) is 7.29. The van der Waals surface area contributed by atoms with Crippen LogP contribution >= 0.6 is 0 Å². The molecular formula is C18H39N3. The van der Waals surface area contributed by atoms with Gasteiger partial charge < -0.3 is 5.32 Å². The van der Waals surface area contributed by atoms with Crippen molar-refractivity contribution in [1.82, 2.24) is 10.7 Å². The lowest BCUT2D eigenvalue weighted by molar-refractivity contribution is 0.0920. The summed E-state index contributed by atoms with van der Waals surface area (Å²) in [5.74, 6) is 5.73. The summed E-state index contributed by atoms with van der Waals surface area (Å²) in [5, 5.41) is 3.92. The van der Waals surface area contributed by atoms with Gasteiger partial charge in [0.25, 0.3) is 0 Å². The largest absolute Gasteiger partial charge is 0.309 e. The molecule has 3 atom stereocenters. The van der Waals surface area contributed by atoms with Gasteiger partial charge in [-0.1, -0.05) is 41.0 Å². The molecule has 0 saturated heterocycles. The molecule has 0 spiro atoms. The molecule has 3 unspecified atom stereocenters. The van der Waals surface area contributed by atoms with Gasteiger partial charge in [0.05, 0.1) is 0 Å². The summed E-state index contributed by atoms with van der Waals surface area (Å²) >= 11 is 0. The van der Waals surface area contributed by atoms with E-state index in [9.17, 15) is 0 Å². The Morgan fingerprint density at radius 2 is 1.86 bits per heavy atom. The number of nitrogens with one attached hydrogen (secondary N) is 2. The van der Waals surface area contributed by atoms with Crippen molar-refractivity contribution in [1.29, 1.82) is 0 Å². The van der Waals surface area contributed by atoms with E-state index in [0.29, 0.717) is 22.9 Å². The third-order valence-electron chi connectivity index (χ3n) is 5.41. The van der Waals surface area contributed by atoms with Crippen LogP contribution in [0.15, 0.2) is 0 Å². The number of hydrogen-bond acceptors (Lipinski definition) is 3. The highest BCUT2D eigenvalue weighted by Gasteiger charge is 2.41. The predicted molar refractivity (Wildman–Crippen MR) is 93.1 cm³/mol. The molecule has 0 aromatic heterocycles. The fraction of sp³-hybridized carbons (Fsp3) is 1.00. The van der Waals surface area contributed by atoms with Gasteiger partial charge >= 0.3 is 0 Å². The molecule has 1 saturated carbocycles. The van der Waals surface area contributed by atoms with E-state index in [4.69, 9.17) is 5.84 Å². The number of hydrogen-bond donors (Lipinski definition) is 3. The zero-order chi connectivity index (χ0) is 16.3. The molecule has 3 heteroatoms. The molecule has 21 heavy (non-hydrogen) atoms. The molecule has 126 valence electrons. The summed E-state index contributed by atoms with van der Waals surface area (Å²) in [7, 11) is 0. The van der Waals surface area contributed by atoms with Crippen molar-refractivity contribution in [3.05, 3.63) is 0 Å². The van der Waals surface area contributed by atoms with Crippen molar-refractivity contribution < 1.29 is 0 Å². The molecule has 0 aromatic rings. The van der Waals surface area contributed by atoms with E-state index in [0.717, 1.165) is 12.8 Å². The summed E-state index contributed by atoms with van der Waals surface area (Å²) in [6.45, 7) is 16.5. The van der Waals surface area contributed by atoms with Crippen LogP contribution in [0.5, 0.6) is 0 Å². The second-order valence-electron chi connectivity index (χ2n) is 9.28. The molecule has 4 N–H and O–H groups in total. The van der Waals surface area contributed by atoms with Crippen LogP contribution in [-0.2, 0) is 0 Å². The molecule has 0 heterocycles. The Balaban J connectivity index is 2.58. The normalized spacial score (nSPS) is 31.1. The highest BCUT2D eigenvalue weighted by Crippen LogP contribution is 2.41. The van der Waals surface area contributed by atoms with E-state index < -0.39 is 0 Å². The molecule has 0 radical (unpaired) electrons. The molecule has 0 aromatic carbocycles. The Hall–Kier alpha value is -0.120. The van der Waals surface area contributed by atoms with Crippen molar-refractivity contribution in [3.63, 3.8) is 0 Å². The average molecular weight is 298 g/mol. The molecule has 3 nitrogen and oxygen atoms in total. The van der Waals surface area contributed by atoms with Gasteiger partial charge in [-0.25, -0.2) is 0 Å². The van der Waals surface area contributed by atoms with Gasteiger partial charge in [0, 0.05) is 17.6 Å². The van der Waals surface area contributed by atoms with E-state index in [1.807, 2.05) is 0 Å². The fourth-order valence-electron chi connectivity index (χ4n) is 4.16. The third kappa shape index (κ3) is 6.25. The molecule has 0 aliphatic heterocycles. The molecule has 1 aliphatic carbocycles. The zero-order valence-electron chi connectivity index (χ0n) is 15.5. The summed E-state index contributed by atoms with van der Waals surface area (Å²) in [5.41, 5.74) is 4.01. The van der Waals surface area contributed by atoms with Gasteiger partial charge in [-0.05, 0) is 56.8 Å². The minimum Gasteiger partial charge on any atom is -0.309 e. The van der Waals surface area contributed by atoms with Crippen LogP contribution < -0.4 is 16.6 Å². The van der Waals surface area contributed by atoms with E-state index in [1.54, 1.807) is 0 Å². The Bertz CT molecular complexity index is 324. The quantitative estimate of drug-likeness (QED) is 0.492. The lowest BCUT2D eigenvalue weighted by Gasteiger charge is -2.48. The fourth-order valence-corrected chi connectivity index (χ4v) is 4.16. The maximum Gasteiger partial charge on any atom is 0.0233 e.